The van der Waals surface area contributed by atoms with Crippen molar-refractivity contribution in [2.24, 2.45) is 10.1 Å². The second-order valence-electron chi connectivity index (χ2n) is 7.28. The van der Waals surface area contributed by atoms with Crippen LogP contribution in [0.2, 0.25) is 0 Å². The Labute approximate surface area is 176 Å². The Balaban J connectivity index is 1.70. The fourth-order valence-electron chi connectivity index (χ4n) is 3.83. The Bertz CT molecular complexity index is 716. The third kappa shape index (κ3) is 5.10. The number of likely N-dealkylation sites (tertiary alicyclic amines) is 1. The van der Waals surface area contributed by atoms with Crippen molar-refractivity contribution in [3.8, 4) is 0 Å². The summed E-state index contributed by atoms with van der Waals surface area (Å²) < 4.78 is 2.09. The number of likely N-dealkylation sites (N-methyl/N-ethyl adjacent to an activating group) is 2. The molecule has 0 bridgehead atoms. The van der Waals surface area contributed by atoms with Crippen molar-refractivity contribution in [3.63, 3.8) is 0 Å². The van der Waals surface area contributed by atoms with E-state index in [4.69, 9.17) is 4.99 Å². The lowest BCUT2D eigenvalue weighted by Crippen LogP contribution is -2.42. The first-order chi connectivity index (χ1) is 13.1. The molecule has 0 amide bonds. The summed E-state index contributed by atoms with van der Waals surface area (Å²) in [5.41, 5.74) is 6.86. The number of halogens is 1. The molecular weight excluding hydrogens is 449 g/mol. The van der Waals surface area contributed by atoms with Crippen molar-refractivity contribution < 1.29 is 0 Å². The van der Waals surface area contributed by atoms with Gasteiger partial charge in [-0.05, 0) is 66.5 Å². The molecule has 5 nitrogen and oxygen atoms in total. The minimum Gasteiger partial charge on any atom is -0.325 e. The minimum absolute atomic E-state index is 0.324. The molecule has 1 atom stereocenters. The molecule has 1 aliphatic carbocycles. The van der Waals surface area contributed by atoms with Crippen LogP contribution in [0.5, 0.6) is 0 Å². The highest BCUT2D eigenvalue weighted by molar-refractivity contribution is 14.1. The third-order valence-electron chi connectivity index (χ3n) is 5.54. The monoisotopic (exact) mass is 479 g/mol. The fourth-order valence-corrected chi connectivity index (χ4v) is 4.26. The van der Waals surface area contributed by atoms with Crippen LogP contribution in [0, 0.1) is 0 Å². The highest BCUT2D eigenvalue weighted by Gasteiger charge is 2.23. The van der Waals surface area contributed by atoms with Crippen molar-refractivity contribution >= 4 is 34.3 Å². The van der Waals surface area contributed by atoms with Crippen LogP contribution in [0.25, 0.3) is 0 Å². The molecule has 0 spiro atoms. The quantitative estimate of drug-likeness (QED) is 0.601. The Morgan fingerprint density at radius 2 is 2.04 bits per heavy atom. The van der Waals surface area contributed by atoms with Gasteiger partial charge in [-0.2, -0.15) is 5.10 Å². The molecule has 27 heavy (non-hydrogen) atoms. The maximum atomic E-state index is 4.91. The molecule has 1 saturated heterocycles. The average molecular weight is 479 g/mol. The number of hydrazone groups is 1. The van der Waals surface area contributed by atoms with E-state index in [1.807, 2.05) is 11.9 Å². The zero-order chi connectivity index (χ0) is 19.2. The normalized spacial score (nSPS) is 26.6. The van der Waals surface area contributed by atoms with Crippen molar-refractivity contribution in [2.75, 3.05) is 26.7 Å². The Morgan fingerprint density at radius 1 is 1.26 bits per heavy atom. The average Bonchev–Trinajstić information content (AvgIpc) is 3.12. The van der Waals surface area contributed by atoms with Gasteiger partial charge >= 0.3 is 0 Å². The van der Waals surface area contributed by atoms with Crippen LogP contribution in [-0.4, -0.2) is 54.2 Å². The van der Waals surface area contributed by atoms with Crippen LogP contribution in [0.1, 0.15) is 39.0 Å². The molecule has 1 N–H and O–H groups in total. The number of nitrogens with zero attached hydrogens (tertiary/aromatic N) is 4. The summed E-state index contributed by atoms with van der Waals surface area (Å²) in [5.74, 6) is 1.67. The van der Waals surface area contributed by atoms with Gasteiger partial charge in [-0.15, -0.1) is 0 Å². The number of aliphatic imine (C=N–C) groups is 1. The van der Waals surface area contributed by atoms with Gasteiger partial charge in [0.15, 0.2) is 11.7 Å². The first kappa shape index (κ1) is 20.3. The van der Waals surface area contributed by atoms with Crippen LogP contribution >= 0.6 is 22.6 Å². The van der Waals surface area contributed by atoms with E-state index < -0.39 is 0 Å². The van der Waals surface area contributed by atoms with E-state index in [0.717, 1.165) is 43.3 Å². The van der Waals surface area contributed by atoms with E-state index in [9.17, 15) is 0 Å². The molecule has 0 aromatic heterocycles. The van der Waals surface area contributed by atoms with Crippen molar-refractivity contribution in [3.05, 3.63) is 45.7 Å². The van der Waals surface area contributed by atoms with E-state index in [1.165, 1.54) is 37.0 Å². The summed E-state index contributed by atoms with van der Waals surface area (Å²) in [6.45, 7) is 9.75. The van der Waals surface area contributed by atoms with Gasteiger partial charge < -0.3 is 9.80 Å². The first-order valence-corrected chi connectivity index (χ1v) is 11.1. The maximum Gasteiger partial charge on any atom is 0.165 e. The molecule has 1 unspecified atom stereocenters. The second-order valence-corrected chi connectivity index (χ2v) is 8.00. The number of amidine groups is 2. The standard InChI is InChI=1S/C21H30IN5/c1-4-27-14-6-9-19(15-27)23-21-16(2)26(3)20(24-25-21)11-10-17-7-5-8-18(17)12-13-22/h10-13,19H,2,4-9,14-15H2,1,3H3,(H,23,25)/b11-10+,13-12-. The molecule has 6 heteroatoms. The number of piperidine rings is 1. The second kappa shape index (κ2) is 9.68. The zero-order valence-corrected chi connectivity index (χ0v) is 18.6. The topological polar surface area (TPSA) is 43.2 Å². The molecule has 3 rings (SSSR count). The zero-order valence-electron chi connectivity index (χ0n) is 16.4. The van der Waals surface area contributed by atoms with E-state index >= 15 is 0 Å². The summed E-state index contributed by atoms with van der Waals surface area (Å²) in [5, 5.41) is 4.54. The van der Waals surface area contributed by atoms with Gasteiger partial charge in [0.2, 0.25) is 0 Å². The maximum absolute atomic E-state index is 4.91. The minimum atomic E-state index is 0.324. The third-order valence-corrected chi connectivity index (χ3v) is 5.90. The summed E-state index contributed by atoms with van der Waals surface area (Å²) in [4.78, 5) is 9.39. The number of nitrogens with one attached hydrogen (secondary N) is 1. The molecule has 0 aromatic carbocycles. The molecule has 0 saturated carbocycles. The summed E-state index contributed by atoms with van der Waals surface area (Å²) in [7, 11) is 2.01. The predicted molar refractivity (Wildman–Crippen MR) is 123 cm³/mol. The Hall–Kier alpha value is -1.41. The molecule has 0 aromatic rings. The van der Waals surface area contributed by atoms with E-state index in [0.29, 0.717) is 6.04 Å². The highest BCUT2D eigenvalue weighted by Crippen LogP contribution is 2.28. The summed E-state index contributed by atoms with van der Waals surface area (Å²) in [6.07, 6.45) is 12.4. The molecular formula is C21H30IN5. The molecule has 1 fully saturated rings. The van der Waals surface area contributed by atoms with Gasteiger partial charge in [0.05, 0.1) is 11.7 Å². The number of allylic oxidation sites excluding steroid dienone is 4. The van der Waals surface area contributed by atoms with Gasteiger partial charge in [-0.1, -0.05) is 48.2 Å². The molecule has 0 radical (unpaired) electrons. The van der Waals surface area contributed by atoms with Gasteiger partial charge in [-0.25, -0.2) is 0 Å². The highest BCUT2D eigenvalue weighted by atomic mass is 127. The molecule has 3 aliphatic rings. The Kier molecular flexibility index (Phi) is 7.29. The lowest BCUT2D eigenvalue weighted by atomic mass is 10.1. The van der Waals surface area contributed by atoms with Crippen molar-refractivity contribution in [2.45, 2.75) is 45.1 Å². The predicted octanol–water partition coefficient (Wildman–Crippen LogP) is 4.22. The van der Waals surface area contributed by atoms with Crippen LogP contribution in [0.15, 0.2) is 55.8 Å². The SMILES string of the molecule is C=C1C(=NC2CCCN(CC)C2)NN=C(/C=C/C2=C(/C=C\I)CCC2)N1C. The van der Waals surface area contributed by atoms with E-state index in [1.54, 1.807) is 0 Å². The van der Waals surface area contributed by atoms with Gasteiger partial charge in [0.1, 0.15) is 0 Å². The molecule has 2 aliphatic heterocycles. The van der Waals surface area contributed by atoms with E-state index in [2.05, 4.69) is 73.8 Å². The lowest BCUT2D eigenvalue weighted by Gasteiger charge is -2.32. The van der Waals surface area contributed by atoms with E-state index in [-0.39, 0.29) is 0 Å². The van der Waals surface area contributed by atoms with Gasteiger partial charge in [0, 0.05) is 13.6 Å². The first-order valence-electron chi connectivity index (χ1n) is 9.86. The summed E-state index contributed by atoms with van der Waals surface area (Å²) in [6, 6.07) is 0.324. The smallest absolute Gasteiger partial charge is 0.165 e. The van der Waals surface area contributed by atoms with Gasteiger partial charge in [-0.3, -0.25) is 10.4 Å². The van der Waals surface area contributed by atoms with Gasteiger partial charge in [0.25, 0.3) is 0 Å². The summed E-state index contributed by atoms with van der Waals surface area (Å²) >= 11 is 2.28. The molecule has 2 heterocycles. The largest absolute Gasteiger partial charge is 0.325 e. The van der Waals surface area contributed by atoms with Crippen molar-refractivity contribution in [1.82, 2.24) is 15.2 Å². The van der Waals surface area contributed by atoms with Crippen LogP contribution in [0.3, 0.4) is 0 Å². The Morgan fingerprint density at radius 3 is 2.78 bits per heavy atom. The molecule has 146 valence electrons. The van der Waals surface area contributed by atoms with Crippen LogP contribution in [-0.2, 0) is 0 Å². The number of rotatable bonds is 5. The number of hydrogen-bond donors (Lipinski definition) is 1. The van der Waals surface area contributed by atoms with Crippen LogP contribution < -0.4 is 5.43 Å². The fraction of sp³-hybridized carbons (Fsp3) is 0.524. The number of hydrogen-bond acceptors (Lipinski definition) is 4. The van der Waals surface area contributed by atoms with Crippen LogP contribution in [0.4, 0.5) is 0 Å². The lowest BCUT2D eigenvalue weighted by molar-refractivity contribution is 0.220. The van der Waals surface area contributed by atoms with Crippen molar-refractivity contribution in [1.29, 1.82) is 0 Å².